The molecule has 4 aromatic heterocycles. The van der Waals surface area contributed by atoms with E-state index in [9.17, 15) is 9.59 Å². The Hall–Kier alpha value is -5.56. The molecule has 0 aliphatic rings. The third-order valence-corrected chi connectivity index (χ3v) is 6.51. The Morgan fingerprint density at radius 1 is 0.975 bits per heavy atom. The Morgan fingerprint density at radius 3 is 2.58 bits per heavy atom. The summed E-state index contributed by atoms with van der Waals surface area (Å²) in [6.07, 6.45) is 5.16. The number of rotatable bonds is 4. The minimum Gasteiger partial charge on any atom is -0.342 e. The smallest absolute Gasteiger partial charge is 0.267 e. The van der Waals surface area contributed by atoms with Gasteiger partial charge in [-0.1, -0.05) is 30.2 Å². The summed E-state index contributed by atoms with van der Waals surface area (Å²) < 4.78 is 4.76. The highest BCUT2D eigenvalue weighted by atomic mass is 16.2. The van der Waals surface area contributed by atoms with Gasteiger partial charge in [-0.3, -0.25) is 18.8 Å². The molecule has 1 atom stereocenters. The van der Waals surface area contributed by atoms with Crippen LogP contribution in [0.1, 0.15) is 46.1 Å². The van der Waals surface area contributed by atoms with E-state index in [1.165, 1.54) is 4.57 Å². The predicted octanol–water partition coefficient (Wildman–Crippen LogP) is 3.36. The van der Waals surface area contributed by atoms with Gasteiger partial charge in [-0.05, 0) is 56.2 Å². The fraction of sp³-hybridized carbons (Fsp3) is 0.133. The van der Waals surface area contributed by atoms with Gasteiger partial charge in [0.1, 0.15) is 17.1 Å². The van der Waals surface area contributed by atoms with Crippen LogP contribution in [-0.4, -0.2) is 39.8 Å². The summed E-state index contributed by atoms with van der Waals surface area (Å²) in [4.78, 5) is 36.8. The summed E-state index contributed by atoms with van der Waals surface area (Å²) in [5.41, 5.74) is 3.33. The largest absolute Gasteiger partial charge is 0.342 e. The van der Waals surface area contributed by atoms with E-state index in [2.05, 4.69) is 32.3 Å². The number of carbonyl (C=O) groups excluding carboxylic acids is 1. The molecule has 6 rings (SSSR count). The van der Waals surface area contributed by atoms with Crippen molar-refractivity contribution in [2.45, 2.75) is 19.9 Å². The molecule has 10 heteroatoms. The van der Waals surface area contributed by atoms with Crippen LogP contribution in [0.15, 0.2) is 84.0 Å². The summed E-state index contributed by atoms with van der Waals surface area (Å²) in [6, 6.07) is 17.5. The maximum atomic E-state index is 14.1. The van der Waals surface area contributed by atoms with Crippen molar-refractivity contribution >= 4 is 22.5 Å². The summed E-state index contributed by atoms with van der Waals surface area (Å²) in [5.74, 6) is 6.15. The molecule has 0 fully saturated rings. The average Bonchev–Trinajstić information content (AvgIpc) is 3.53. The number of hydrogen-bond donors (Lipinski definition) is 1. The molecule has 0 radical (unpaired) electrons. The van der Waals surface area contributed by atoms with Gasteiger partial charge >= 0.3 is 0 Å². The minimum absolute atomic E-state index is 0.285. The van der Waals surface area contributed by atoms with E-state index in [0.717, 1.165) is 0 Å². The van der Waals surface area contributed by atoms with Crippen molar-refractivity contribution in [1.82, 2.24) is 39.2 Å². The first-order valence-corrected chi connectivity index (χ1v) is 12.6. The summed E-state index contributed by atoms with van der Waals surface area (Å²) in [5, 5.41) is 12.1. The maximum absolute atomic E-state index is 14.1. The first-order chi connectivity index (χ1) is 19.4. The van der Waals surface area contributed by atoms with E-state index in [1.807, 2.05) is 55.7 Å². The number of nitrogens with zero attached hydrogens (tertiary/aromatic N) is 7. The van der Waals surface area contributed by atoms with E-state index < -0.39 is 6.04 Å². The number of aromatic nitrogens is 7. The lowest BCUT2D eigenvalue weighted by Crippen LogP contribution is -2.33. The quantitative estimate of drug-likeness (QED) is 0.351. The lowest BCUT2D eigenvalue weighted by Gasteiger charge is -2.20. The first-order valence-electron chi connectivity index (χ1n) is 12.6. The van der Waals surface area contributed by atoms with Gasteiger partial charge in [0.05, 0.1) is 28.3 Å². The van der Waals surface area contributed by atoms with Crippen molar-refractivity contribution in [3.63, 3.8) is 0 Å². The molecule has 1 amide bonds. The molecular weight excluding hydrogens is 504 g/mol. The molecule has 0 spiro atoms. The second-order valence-corrected chi connectivity index (χ2v) is 9.31. The monoisotopic (exact) mass is 528 g/mol. The van der Waals surface area contributed by atoms with Crippen LogP contribution in [-0.2, 0) is 7.05 Å². The SMILES string of the molecule is Cc1nn2cccnc2c1C(=O)NC(C)c1nc2cccc(C#Cc3ccn(C)n3)c2c(=O)n1-c1ccccc1. The summed E-state index contributed by atoms with van der Waals surface area (Å²) in [7, 11) is 1.82. The molecule has 40 heavy (non-hydrogen) atoms. The highest BCUT2D eigenvalue weighted by Crippen LogP contribution is 2.21. The molecule has 0 saturated carbocycles. The van der Waals surface area contributed by atoms with Crippen LogP contribution in [0.25, 0.3) is 22.2 Å². The molecule has 10 nitrogen and oxygen atoms in total. The number of hydrogen-bond acceptors (Lipinski definition) is 6. The van der Waals surface area contributed by atoms with Gasteiger partial charge in [-0.25, -0.2) is 14.5 Å². The number of carbonyl (C=O) groups is 1. The molecular formula is C30H24N8O2. The highest BCUT2D eigenvalue weighted by molar-refractivity contribution is 6.01. The van der Waals surface area contributed by atoms with Gasteiger partial charge in [0.15, 0.2) is 5.65 Å². The second kappa shape index (κ2) is 9.96. The molecule has 1 unspecified atom stereocenters. The van der Waals surface area contributed by atoms with Crippen molar-refractivity contribution in [3.05, 3.63) is 118 Å². The van der Waals surface area contributed by atoms with E-state index in [0.29, 0.717) is 50.6 Å². The van der Waals surface area contributed by atoms with E-state index in [4.69, 9.17) is 4.98 Å². The minimum atomic E-state index is -0.633. The zero-order valence-electron chi connectivity index (χ0n) is 22.0. The second-order valence-electron chi connectivity index (χ2n) is 9.31. The van der Waals surface area contributed by atoms with Crippen molar-refractivity contribution < 1.29 is 4.79 Å². The maximum Gasteiger partial charge on any atom is 0.267 e. The van der Waals surface area contributed by atoms with Crippen molar-refractivity contribution in [2.24, 2.45) is 7.05 Å². The molecule has 4 heterocycles. The van der Waals surface area contributed by atoms with Crippen molar-refractivity contribution in [1.29, 1.82) is 0 Å². The number of nitrogens with one attached hydrogen (secondary N) is 1. The van der Waals surface area contributed by atoms with Crippen LogP contribution in [0, 0.1) is 18.8 Å². The molecule has 6 aromatic rings. The highest BCUT2D eigenvalue weighted by Gasteiger charge is 2.24. The molecule has 0 aliphatic heterocycles. The third kappa shape index (κ3) is 4.39. The van der Waals surface area contributed by atoms with Gasteiger partial charge in [0.25, 0.3) is 11.5 Å². The number of fused-ring (bicyclic) bond motifs is 2. The molecule has 196 valence electrons. The van der Waals surface area contributed by atoms with Gasteiger partial charge in [-0.2, -0.15) is 10.2 Å². The average molecular weight is 529 g/mol. The van der Waals surface area contributed by atoms with E-state index in [-0.39, 0.29) is 11.5 Å². The number of amides is 1. The van der Waals surface area contributed by atoms with Gasteiger partial charge in [-0.15, -0.1) is 0 Å². The fourth-order valence-electron chi connectivity index (χ4n) is 4.68. The molecule has 0 aliphatic carbocycles. The van der Waals surface area contributed by atoms with Gasteiger partial charge in [0, 0.05) is 31.2 Å². The molecule has 1 N–H and O–H groups in total. The van der Waals surface area contributed by atoms with Crippen LogP contribution < -0.4 is 10.9 Å². The Morgan fingerprint density at radius 2 is 1.80 bits per heavy atom. The van der Waals surface area contributed by atoms with Crippen molar-refractivity contribution in [3.8, 4) is 17.5 Å². The summed E-state index contributed by atoms with van der Waals surface area (Å²) >= 11 is 0. The van der Waals surface area contributed by atoms with Crippen LogP contribution in [0.4, 0.5) is 0 Å². The molecule has 2 aromatic carbocycles. The molecule has 0 bridgehead atoms. The molecule has 0 saturated heterocycles. The lowest BCUT2D eigenvalue weighted by atomic mass is 10.1. The Bertz CT molecular complexity index is 2030. The normalized spacial score (nSPS) is 11.8. The Labute approximate surface area is 228 Å². The van der Waals surface area contributed by atoms with Crippen molar-refractivity contribution in [2.75, 3.05) is 0 Å². The van der Waals surface area contributed by atoms with E-state index >= 15 is 0 Å². The Kier molecular flexibility index (Phi) is 6.16. The third-order valence-electron chi connectivity index (χ3n) is 6.51. The zero-order valence-corrected chi connectivity index (χ0v) is 22.0. The van der Waals surface area contributed by atoms with Crippen LogP contribution in [0.2, 0.25) is 0 Å². The zero-order chi connectivity index (χ0) is 27.8. The number of benzene rings is 2. The standard InChI is InChI=1S/C30H24N8O2/c1-19-25(28-31-16-8-17-37(28)34-19)29(39)32-20(2)27-33-24-12-7-9-21(13-14-22-15-18-36(3)35-22)26(24)30(40)38(27)23-10-5-4-6-11-23/h4-12,15-18,20H,1-3H3,(H,32,39). The van der Waals surface area contributed by atoms with Gasteiger partial charge < -0.3 is 5.32 Å². The lowest BCUT2D eigenvalue weighted by molar-refractivity contribution is 0.0938. The fourth-order valence-corrected chi connectivity index (χ4v) is 4.68. The predicted molar refractivity (Wildman–Crippen MR) is 150 cm³/mol. The topological polar surface area (TPSA) is 112 Å². The first kappa shape index (κ1) is 24.8. The number of aryl methyl sites for hydroxylation is 2. The summed E-state index contributed by atoms with van der Waals surface area (Å²) in [6.45, 7) is 3.56. The Balaban J connectivity index is 1.48. The van der Waals surface area contributed by atoms with Crippen LogP contribution >= 0.6 is 0 Å². The van der Waals surface area contributed by atoms with Crippen LogP contribution in [0.3, 0.4) is 0 Å². The van der Waals surface area contributed by atoms with Crippen LogP contribution in [0.5, 0.6) is 0 Å². The number of para-hydroxylation sites is 1. The van der Waals surface area contributed by atoms with E-state index in [1.54, 1.807) is 53.6 Å². The van der Waals surface area contributed by atoms with Gasteiger partial charge in [0.2, 0.25) is 0 Å².